The molecule has 2 atom stereocenters. The SMILES string of the molecule is O=C(O)N1C2CC1CN(c1nc3c(OC(F)F)ccc(-c4nccs4)c3o1)C2. The lowest BCUT2D eigenvalue weighted by atomic mass is 9.88. The third-order valence-electron chi connectivity index (χ3n) is 5.06. The van der Waals surface area contributed by atoms with Gasteiger partial charge in [-0.1, -0.05) is 0 Å². The van der Waals surface area contributed by atoms with Crippen LogP contribution < -0.4 is 9.64 Å². The van der Waals surface area contributed by atoms with E-state index in [-0.39, 0.29) is 29.4 Å². The van der Waals surface area contributed by atoms with E-state index in [0.29, 0.717) is 29.2 Å². The van der Waals surface area contributed by atoms with Gasteiger partial charge in [-0.15, -0.1) is 11.3 Å². The quantitative estimate of drug-likeness (QED) is 0.706. The molecule has 5 heterocycles. The first kappa shape index (κ1) is 17.2. The monoisotopic (exact) mass is 408 g/mol. The van der Waals surface area contributed by atoms with E-state index >= 15 is 0 Å². The number of aromatic nitrogens is 2. The summed E-state index contributed by atoms with van der Waals surface area (Å²) in [6, 6.07) is 3.06. The summed E-state index contributed by atoms with van der Waals surface area (Å²) in [6.45, 7) is -2.11. The van der Waals surface area contributed by atoms with Crippen molar-refractivity contribution in [3.05, 3.63) is 23.7 Å². The Hall–Kier alpha value is -2.95. The molecule has 1 N–H and O–H groups in total. The summed E-state index contributed by atoms with van der Waals surface area (Å²) in [4.78, 5) is 23.2. The van der Waals surface area contributed by atoms with Crippen molar-refractivity contribution in [2.24, 2.45) is 0 Å². The number of alkyl halides is 2. The largest absolute Gasteiger partial charge is 0.465 e. The Morgan fingerprint density at radius 3 is 2.79 bits per heavy atom. The molecule has 1 amide bonds. The van der Waals surface area contributed by atoms with Crippen LogP contribution in [0, 0.1) is 0 Å². The lowest BCUT2D eigenvalue weighted by molar-refractivity contribution is -0.0489. The number of amides is 1. The van der Waals surface area contributed by atoms with Crippen LogP contribution in [0.3, 0.4) is 0 Å². The highest BCUT2D eigenvalue weighted by Gasteiger charge is 2.48. The minimum Gasteiger partial charge on any atom is -0.465 e. The summed E-state index contributed by atoms with van der Waals surface area (Å²) in [7, 11) is 0. The van der Waals surface area contributed by atoms with Gasteiger partial charge in [0.25, 0.3) is 6.01 Å². The highest BCUT2D eigenvalue weighted by Crippen LogP contribution is 2.40. The topological polar surface area (TPSA) is 91.9 Å². The molecule has 146 valence electrons. The average Bonchev–Trinajstić information content (AvgIpc) is 3.31. The number of carbonyl (C=O) groups is 1. The van der Waals surface area contributed by atoms with Crippen LogP contribution in [0.2, 0.25) is 0 Å². The molecule has 0 saturated carbocycles. The summed E-state index contributed by atoms with van der Waals surface area (Å²) in [5, 5.41) is 11.7. The fourth-order valence-electron chi connectivity index (χ4n) is 3.90. The average molecular weight is 408 g/mol. The molecular formula is C17H14F2N4O4S. The maximum atomic E-state index is 12.8. The van der Waals surface area contributed by atoms with Crippen LogP contribution in [0.25, 0.3) is 21.7 Å². The summed E-state index contributed by atoms with van der Waals surface area (Å²) < 4.78 is 36.1. The van der Waals surface area contributed by atoms with E-state index in [1.54, 1.807) is 17.6 Å². The lowest BCUT2D eigenvalue weighted by Gasteiger charge is -2.54. The number of hydrogen-bond acceptors (Lipinski definition) is 7. The van der Waals surface area contributed by atoms with E-state index < -0.39 is 12.7 Å². The molecule has 11 heteroatoms. The molecule has 0 radical (unpaired) electrons. The van der Waals surface area contributed by atoms with Gasteiger partial charge in [-0.3, -0.25) is 4.90 Å². The van der Waals surface area contributed by atoms with Crippen molar-refractivity contribution < 1.29 is 27.8 Å². The van der Waals surface area contributed by atoms with E-state index in [9.17, 15) is 18.7 Å². The molecule has 2 aromatic heterocycles. The van der Waals surface area contributed by atoms with Crippen molar-refractivity contribution in [2.45, 2.75) is 25.1 Å². The van der Waals surface area contributed by atoms with Crippen LogP contribution in [0.1, 0.15) is 6.42 Å². The van der Waals surface area contributed by atoms with Gasteiger partial charge in [-0.2, -0.15) is 13.8 Å². The number of oxazole rings is 1. The van der Waals surface area contributed by atoms with Gasteiger partial charge in [0.2, 0.25) is 0 Å². The minimum absolute atomic E-state index is 0.0744. The Labute approximate surface area is 161 Å². The number of halogens is 2. The van der Waals surface area contributed by atoms with Crippen LogP contribution in [0.5, 0.6) is 5.75 Å². The number of thiazole rings is 1. The van der Waals surface area contributed by atoms with Gasteiger partial charge < -0.3 is 19.2 Å². The predicted molar refractivity (Wildman–Crippen MR) is 96.0 cm³/mol. The molecule has 6 rings (SSSR count). The maximum Gasteiger partial charge on any atom is 0.407 e. The first-order chi connectivity index (χ1) is 13.5. The molecule has 3 aromatic rings. The Bertz CT molecular complexity index is 1030. The molecule has 3 fully saturated rings. The van der Waals surface area contributed by atoms with Crippen LogP contribution in [0.4, 0.5) is 19.6 Å². The van der Waals surface area contributed by atoms with Gasteiger partial charge in [0.05, 0.1) is 17.6 Å². The van der Waals surface area contributed by atoms with Crippen LogP contribution in [-0.2, 0) is 0 Å². The molecule has 28 heavy (non-hydrogen) atoms. The number of ether oxygens (including phenoxy) is 1. The fourth-order valence-corrected chi connectivity index (χ4v) is 4.56. The molecule has 0 spiro atoms. The summed E-state index contributed by atoms with van der Waals surface area (Å²) in [5.74, 6) is -0.0744. The van der Waals surface area contributed by atoms with Gasteiger partial charge in [0, 0.05) is 24.7 Å². The van der Waals surface area contributed by atoms with Gasteiger partial charge >= 0.3 is 12.7 Å². The van der Waals surface area contributed by atoms with Crippen molar-refractivity contribution in [3.63, 3.8) is 0 Å². The van der Waals surface area contributed by atoms with E-state index in [0.717, 1.165) is 6.42 Å². The van der Waals surface area contributed by atoms with Gasteiger partial charge in [0.1, 0.15) is 5.01 Å². The highest BCUT2D eigenvalue weighted by molar-refractivity contribution is 7.13. The Morgan fingerprint density at radius 2 is 2.14 bits per heavy atom. The molecule has 8 nitrogen and oxygen atoms in total. The second-order valence-electron chi connectivity index (χ2n) is 6.64. The summed E-state index contributed by atoms with van der Waals surface area (Å²) in [5.41, 5.74) is 1.15. The van der Waals surface area contributed by atoms with Gasteiger partial charge in [-0.05, 0) is 18.6 Å². The number of hydrogen-bond donors (Lipinski definition) is 1. The Kier molecular flexibility index (Phi) is 3.86. The minimum atomic E-state index is -2.99. The number of anilines is 1. The molecule has 2 unspecified atom stereocenters. The number of nitrogens with zero attached hydrogens (tertiary/aromatic N) is 4. The number of carboxylic acid groups (broad SMARTS) is 1. The maximum absolute atomic E-state index is 12.8. The zero-order valence-corrected chi connectivity index (χ0v) is 15.1. The first-order valence-electron chi connectivity index (χ1n) is 8.55. The van der Waals surface area contributed by atoms with Crippen molar-refractivity contribution in [1.29, 1.82) is 0 Å². The lowest BCUT2D eigenvalue weighted by Crippen LogP contribution is -2.70. The molecule has 1 aromatic carbocycles. The number of fused-ring (bicyclic) bond motifs is 3. The first-order valence-corrected chi connectivity index (χ1v) is 9.43. The molecule has 3 saturated heterocycles. The number of piperazine rings is 1. The van der Waals surface area contributed by atoms with Crippen molar-refractivity contribution in [2.75, 3.05) is 18.0 Å². The Balaban J connectivity index is 1.54. The summed E-state index contributed by atoms with van der Waals surface area (Å²) in [6.07, 6.45) is 1.51. The summed E-state index contributed by atoms with van der Waals surface area (Å²) >= 11 is 1.39. The van der Waals surface area contributed by atoms with Gasteiger partial charge in [0.15, 0.2) is 16.8 Å². The standard InChI is InChI=1S/C17H14F2N4O4S/c18-15(19)26-11-2-1-10(14-20-3-4-28-14)13-12(11)21-16(27-13)22-6-8-5-9(7-22)23(8)17(24)25/h1-4,8-9,15H,5-7H2,(H,24,25). The van der Waals surface area contributed by atoms with Gasteiger partial charge in [-0.25, -0.2) is 9.78 Å². The number of benzene rings is 1. The van der Waals surface area contributed by atoms with Crippen LogP contribution >= 0.6 is 11.3 Å². The smallest absolute Gasteiger partial charge is 0.407 e. The predicted octanol–water partition coefficient (Wildman–Crippen LogP) is 3.49. The molecule has 0 aliphatic carbocycles. The van der Waals surface area contributed by atoms with E-state index in [1.165, 1.54) is 22.3 Å². The molecule has 2 bridgehead atoms. The number of rotatable bonds is 4. The zero-order valence-electron chi connectivity index (χ0n) is 14.3. The van der Waals surface area contributed by atoms with E-state index in [4.69, 9.17) is 4.42 Å². The highest BCUT2D eigenvalue weighted by atomic mass is 32.1. The van der Waals surface area contributed by atoms with Crippen molar-refractivity contribution in [1.82, 2.24) is 14.9 Å². The third kappa shape index (κ3) is 2.65. The Morgan fingerprint density at radius 1 is 1.36 bits per heavy atom. The van der Waals surface area contributed by atoms with Crippen LogP contribution in [-0.4, -0.2) is 57.9 Å². The molecule has 3 aliphatic rings. The van der Waals surface area contributed by atoms with E-state index in [2.05, 4.69) is 14.7 Å². The zero-order chi connectivity index (χ0) is 19.4. The van der Waals surface area contributed by atoms with Crippen molar-refractivity contribution >= 4 is 34.5 Å². The normalized spacial score (nSPS) is 21.2. The third-order valence-corrected chi connectivity index (χ3v) is 5.87. The fraction of sp³-hybridized carbons (Fsp3) is 0.353. The number of piperidine rings is 1. The molecular weight excluding hydrogens is 394 g/mol. The van der Waals surface area contributed by atoms with Crippen LogP contribution in [0.15, 0.2) is 28.1 Å². The second-order valence-corrected chi connectivity index (χ2v) is 7.53. The van der Waals surface area contributed by atoms with E-state index in [1.807, 2.05) is 4.90 Å². The molecule has 3 aliphatic heterocycles. The second kappa shape index (κ2) is 6.30. The van der Waals surface area contributed by atoms with Crippen molar-refractivity contribution in [3.8, 4) is 16.3 Å².